The molecule has 0 saturated heterocycles. The van der Waals surface area contributed by atoms with Gasteiger partial charge in [-0.15, -0.1) is 0 Å². The fourth-order valence-corrected chi connectivity index (χ4v) is 3.45. The standard InChI is InChI=1S/C17H22ClN3/c1-11-16(12(2)21(3)20-11)10-19-14-8-13(9-14)15-6-4-5-7-17(15)18/h4-7,13-14,19H,8-10H2,1-3H3. The summed E-state index contributed by atoms with van der Waals surface area (Å²) in [6.45, 7) is 5.12. The van der Waals surface area contributed by atoms with Gasteiger partial charge in [-0.3, -0.25) is 4.68 Å². The molecular weight excluding hydrogens is 282 g/mol. The van der Waals surface area contributed by atoms with Crippen molar-refractivity contribution in [2.75, 3.05) is 0 Å². The highest BCUT2D eigenvalue weighted by Gasteiger charge is 2.31. The molecule has 21 heavy (non-hydrogen) atoms. The van der Waals surface area contributed by atoms with Crippen molar-refractivity contribution in [3.8, 4) is 0 Å². The van der Waals surface area contributed by atoms with E-state index in [2.05, 4.69) is 36.4 Å². The van der Waals surface area contributed by atoms with E-state index in [9.17, 15) is 0 Å². The fraction of sp³-hybridized carbons (Fsp3) is 0.471. The maximum Gasteiger partial charge on any atom is 0.0641 e. The van der Waals surface area contributed by atoms with Gasteiger partial charge in [-0.2, -0.15) is 5.10 Å². The zero-order valence-electron chi connectivity index (χ0n) is 12.9. The van der Waals surface area contributed by atoms with Crippen LogP contribution in [0.25, 0.3) is 0 Å². The van der Waals surface area contributed by atoms with Crippen LogP contribution in [0.4, 0.5) is 0 Å². The Hall–Kier alpha value is -1.32. The van der Waals surface area contributed by atoms with Crippen molar-refractivity contribution >= 4 is 11.6 Å². The third-order valence-electron chi connectivity index (χ3n) is 4.71. The molecule has 0 unspecified atom stereocenters. The van der Waals surface area contributed by atoms with Crippen molar-refractivity contribution in [2.24, 2.45) is 7.05 Å². The van der Waals surface area contributed by atoms with Crippen molar-refractivity contribution in [2.45, 2.75) is 45.2 Å². The molecule has 4 heteroatoms. The highest BCUT2D eigenvalue weighted by molar-refractivity contribution is 6.31. The van der Waals surface area contributed by atoms with E-state index >= 15 is 0 Å². The second-order valence-electron chi connectivity index (χ2n) is 6.04. The SMILES string of the molecule is Cc1nn(C)c(C)c1CNC1CC(c2ccccc2Cl)C1. The molecule has 0 radical (unpaired) electrons. The second kappa shape index (κ2) is 5.82. The molecule has 1 fully saturated rings. The Kier molecular flexibility index (Phi) is 4.05. The lowest BCUT2D eigenvalue weighted by atomic mass is 9.76. The molecule has 0 amide bonds. The molecule has 3 nitrogen and oxygen atoms in total. The summed E-state index contributed by atoms with van der Waals surface area (Å²) in [5, 5.41) is 9.02. The molecule has 1 aromatic heterocycles. The van der Waals surface area contributed by atoms with Gasteiger partial charge in [0.1, 0.15) is 0 Å². The van der Waals surface area contributed by atoms with Crippen LogP contribution in [0, 0.1) is 13.8 Å². The summed E-state index contributed by atoms with van der Waals surface area (Å²) in [4.78, 5) is 0. The van der Waals surface area contributed by atoms with Crippen LogP contribution in [-0.2, 0) is 13.6 Å². The Bertz CT molecular complexity index is 641. The van der Waals surface area contributed by atoms with Crippen LogP contribution in [0.1, 0.15) is 41.3 Å². The van der Waals surface area contributed by atoms with Crippen molar-refractivity contribution in [3.63, 3.8) is 0 Å². The van der Waals surface area contributed by atoms with Crippen molar-refractivity contribution in [3.05, 3.63) is 51.8 Å². The summed E-state index contributed by atoms with van der Waals surface area (Å²) in [7, 11) is 2.00. The zero-order chi connectivity index (χ0) is 15.0. The average molecular weight is 304 g/mol. The minimum absolute atomic E-state index is 0.588. The van der Waals surface area contributed by atoms with Gasteiger partial charge in [0.15, 0.2) is 0 Å². The van der Waals surface area contributed by atoms with Crippen LogP contribution >= 0.6 is 11.6 Å². The number of aryl methyl sites for hydroxylation is 2. The Labute approximate surface area is 131 Å². The van der Waals surface area contributed by atoms with Crippen molar-refractivity contribution in [1.29, 1.82) is 0 Å². The molecule has 3 rings (SSSR count). The largest absolute Gasteiger partial charge is 0.310 e. The minimum atomic E-state index is 0.588. The molecule has 1 aliphatic carbocycles. The third kappa shape index (κ3) is 2.85. The molecule has 1 N–H and O–H groups in total. The van der Waals surface area contributed by atoms with E-state index < -0.39 is 0 Å². The Balaban J connectivity index is 1.55. The van der Waals surface area contributed by atoms with E-state index in [-0.39, 0.29) is 0 Å². The van der Waals surface area contributed by atoms with Crippen LogP contribution in [0.2, 0.25) is 5.02 Å². The number of halogens is 1. The van der Waals surface area contributed by atoms with Gasteiger partial charge in [0.2, 0.25) is 0 Å². The van der Waals surface area contributed by atoms with E-state index in [4.69, 9.17) is 11.6 Å². The molecule has 0 atom stereocenters. The molecule has 1 heterocycles. The Morgan fingerprint density at radius 1 is 1.29 bits per heavy atom. The van der Waals surface area contributed by atoms with E-state index in [1.165, 1.54) is 29.7 Å². The number of rotatable bonds is 4. The number of hydrogen-bond acceptors (Lipinski definition) is 2. The predicted octanol–water partition coefficient (Wildman–Crippen LogP) is 3.73. The quantitative estimate of drug-likeness (QED) is 0.933. The smallest absolute Gasteiger partial charge is 0.0641 e. The van der Waals surface area contributed by atoms with Gasteiger partial charge in [0.25, 0.3) is 0 Å². The molecule has 112 valence electrons. The maximum atomic E-state index is 6.27. The molecule has 0 aliphatic heterocycles. The summed E-state index contributed by atoms with van der Waals surface area (Å²) in [6.07, 6.45) is 2.34. The summed E-state index contributed by atoms with van der Waals surface area (Å²) in [5.41, 5.74) is 5.01. The summed E-state index contributed by atoms with van der Waals surface area (Å²) in [5.74, 6) is 0.604. The minimum Gasteiger partial charge on any atom is -0.310 e. The first-order chi connectivity index (χ1) is 10.1. The molecule has 0 spiro atoms. The first-order valence-corrected chi connectivity index (χ1v) is 7.91. The lowest BCUT2D eigenvalue weighted by molar-refractivity contribution is 0.289. The summed E-state index contributed by atoms with van der Waals surface area (Å²) in [6, 6.07) is 8.79. The van der Waals surface area contributed by atoms with E-state index in [1.807, 2.05) is 23.9 Å². The van der Waals surface area contributed by atoms with Crippen molar-refractivity contribution in [1.82, 2.24) is 15.1 Å². The molecule has 1 aromatic carbocycles. The fourth-order valence-electron chi connectivity index (χ4n) is 3.16. The van der Waals surface area contributed by atoms with Crippen LogP contribution in [0.5, 0.6) is 0 Å². The topological polar surface area (TPSA) is 29.9 Å². The monoisotopic (exact) mass is 303 g/mol. The van der Waals surface area contributed by atoms with E-state index in [0.29, 0.717) is 12.0 Å². The van der Waals surface area contributed by atoms with Gasteiger partial charge >= 0.3 is 0 Å². The van der Waals surface area contributed by atoms with Crippen LogP contribution < -0.4 is 5.32 Å². The van der Waals surface area contributed by atoms with E-state index in [0.717, 1.165) is 17.3 Å². The van der Waals surface area contributed by atoms with Crippen molar-refractivity contribution < 1.29 is 0 Å². The second-order valence-corrected chi connectivity index (χ2v) is 6.45. The average Bonchev–Trinajstić information content (AvgIpc) is 2.64. The van der Waals surface area contributed by atoms with Crippen LogP contribution in [0.15, 0.2) is 24.3 Å². The molecule has 1 aliphatic rings. The third-order valence-corrected chi connectivity index (χ3v) is 5.05. The molecule has 1 saturated carbocycles. The van der Waals surface area contributed by atoms with Gasteiger partial charge < -0.3 is 5.32 Å². The highest BCUT2D eigenvalue weighted by atomic mass is 35.5. The van der Waals surface area contributed by atoms with Crippen LogP contribution in [-0.4, -0.2) is 15.8 Å². The van der Waals surface area contributed by atoms with Gasteiger partial charge in [-0.05, 0) is 44.2 Å². The van der Waals surface area contributed by atoms with E-state index in [1.54, 1.807) is 0 Å². The number of hydrogen-bond donors (Lipinski definition) is 1. The van der Waals surface area contributed by atoms with Gasteiger partial charge in [0.05, 0.1) is 5.69 Å². The van der Waals surface area contributed by atoms with Gasteiger partial charge in [0, 0.05) is 35.9 Å². The van der Waals surface area contributed by atoms with Gasteiger partial charge in [-0.25, -0.2) is 0 Å². The zero-order valence-corrected chi connectivity index (χ0v) is 13.6. The Morgan fingerprint density at radius 2 is 2.00 bits per heavy atom. The molecular formula is C17H22ClN3. The van der Waals surface area contributed by atoms with Gasteiger partial charge in [-0.1, -0.05) is 29.8 Å². The summed E-state index contributed by atoms with van der Waals surface area (Å²) < 4.78 is 1.96. The normalized spacial score (nSPS) is 21.3. The van der Waals surface area contributed by atoms with Crippen LogP contribution in [0.3, 0.4) is 0 Å². The lowest BCUT2D eigenvalue weighted by Gasteiger charge is -2.37. The Morgan fingerprint density at radius 3 is 2.62 bits per heavy atom. The number of benzene rings is 1. The number of nitrogens with one attached hydrogen (secondary N) is 1. The highest BCUT2D eigenvalue weighted by Crippen LogP contribution is 2.40. The summed E-state index contributed by atoms with van der Waals surface area (Å²) >= 11 is 6.27. The first kappa shape index (κ1) is 14.6. The number of nitrogens with zero attached hydrogens (tertiary/aromatic N) is 2. The lowest BCUT2D eigenvalue weighted by Crippen LogP contribution is -2.39. The number of aromatic nitrogens is 2. The molecule has 2 aromatic rings. The first-order valence-electron chi connectivity index (χ1n) is 7.53. The molecule has 0 bridgehead atoms. The maximum absolute atomic E-state index is 6.27. The predicted molar refractivity (Wildman–Crippen MR) is 86.7 cm³/mol.